The first-order valence-electron chi connectivity index (χ1n) is 6.03. The molecule has 0 amide bonds. The molecule has 0 saturated carbocycles. The lowest BCUT2D eigenvalue weighted by atomic mass is 10.2. The number of thiol groups is 1. The molecule has 0 bridgehead atoms. The molecular weight excluding hydrogens is 286 g/mol. The van der Waals surface area contributed by atoms with Crippen LogP contribution in [0.3, 0.4) is 0 Å². The molecule has 0 aliphatic carbocycles. The van der Waals surface area contributed by atoms with Crippen LogP contribution in [-0.4, -0.2) is 34.2 Å². The molecular formula is C12H16NO4S2. The molecule has 2 rings (SSSR count). The third kappa shape index (κ3) is 3.55. The average Bonchev–Trinajstić information content (AvgIpc) is 2.39. The zero-order valence-corrected chi connectivity index (χ0v) is 12.1. The van der Waals surface area contributed by atoms with E-state index in [0.29, 0.717) is 18.7 Å². The first-order valence-corrected chi connectivity index (χ1v) is 8.83. The summed E-state index contributed by atoms with van der Waals surface area (Å²) < 4.78 is 47.6. The van der Waals surface area contributed by atoms with Gasteiger partial charge in [0, 0.05) is 13.1 Å². The summed E-state index contributed by atoms with van der Waals surface area (Å²) in [6.45, 7) is 0.977. The Morgan fingerprint density at radius 1 is 1.16 bits per heavy atom. The summed E-state index contributed by atoms with van der Waals surface area (Å²) >= 11 is 0. The number of hydrogen-bond acceptors (Lipinski definition) is 4. The van der Waals surface area contributed by atoms with Crippen LogP contribution in [0, 0.1) is 6.42 Å². The molecule has 105 valence electrons. The van der Waals surface area contributed by atoms with Crippen molar-refractivity contribution in [3.63, 3.8) is 0 Å². The Kier molecular flexibility index (Phi) is 4.59. The van der Waals surface area contributed by atoms with Gasteiger partial charge in [0.2, 0.25) is 10.0 Å². The van der Waals surface area contributed by atoms with E-state index in [2.05, 4.69) is 6.42 Å². The number of nitrogens with zero attached hydrogens (tertiary/aromatic N) is 1. The van der Waals surface area contributed by atoms with Crippen LogP contribution in [0.1, 0.15) is 18.4 Å². The van der Waals surface area contributed by atoms with Gasteiger partial charge in [-0.15, -0.1) is 0 Å². The minimum absolute atomic E-state index is 0.132. The minimum Gasteiger partial charge on any atom is -0.232 e. The second-order valence-electron chi connectivity index (χ2n) is 4.41. The highest BCUT2D eigenvalue weighted by Gasteiger charge is 2.25. The lowest BCUT2D eigenvalue weighted by Gasteiger charge is -2.25. The van der Waals surface area contributed by atoms with Crippen LogP contribution in [0.15, 0.2) is 29.2 Å². The van der Waals surface area contributed by atoms with Crippen molar-refractivity contribution in [3.05, 3.63) is 36.2 Å². The fraction of sp³-hybridized carbons (Fsp3) is 0.417. The fourth-order valence-corrected chi connectivity index (χ4v) is 4.10. The predicted octanol–water partition coefficient (Wildman–Crippen LogP) is 0.787. The Morgan fingerprint density at radius 3 is 2.47 bits per heavy atom. The van der Waals surface area contributed by atoms with Gasteiger partial charge < -0.3 is 0 Å². The fourth-order valence-electron chi connectivity index (χ4n) is 2.07. The van der Waals surface area contributed by atoms with Gasteiger partial charge in [-0.05, 0) is 37.0 Å². The highest BCUT2D eigenvalue weighted by atomic mass is 32.2. The maximum Gasteiger partial charge on any atom is 0.243 e. The van der Waals surface area contributed by atoms with Gasteiger partial charge in [0.1, 0.15) is 10.7 Å². The van der Waals surface area contributed by atoms with Gasteiger partial charge >= 0.3 is 0 Å². The molecule has 0 N–H and O–H groups in total. The largest absolute Gasteiger partial charge is 0.243 e. The number of sulfonamides is 1. The number of rotatable bonds is 4. The smallest absolute Gasteiger partial charge is 0.232 e. The highest BCUT2D eigenvalue weighted by molar-refractivity contribution is 7.89. The Labute approximate surface area is 115 Å². The van der Waals surface area contributed by atoms with Crippen LogP contribution >= 0.6 is 0 Å². The SMILES string of the molecule is O=[SH](=O)Cc1cccc(S(=O)(=O)N2CC[CH]CC2)c1. The molecule has 0 aromatic heterocycles. The number of piperidine rings is 1. The van der Waals surface area contributed by atoms with Crippen LogP contribution in [-0.2, 0) is 26.5 Å². The van der Waals surface area contributed by atoms with Crippen molar-refractivity contribution >= 4 is 20.7 Å². The summed E-state index contributed by atoms with van der Waals surface area (Å²) in [5.74, 6) is -0.132. The Balaban J connectivity index is 2.29. The first kappa shape index (κ1) is 14.5. The van der Waals surface area contributed by atoms with Crippen molar-refractivity contribution in [1.82, 2.24) is 4.31 Å². The van der Waals surface area contributed by atoms with E-state index < -0.39 is 20.7 Å². The van der Waals surface area contributed by atoms with E-state index in [1.807, 2.05) is 0 Å². The normalized spacial score (nSPS) is 17.7. The first-order chi connectivity index (χ1) is 9.00. The summed E-state index contributed by atoms with van der Waals surface area (Å²) in [4.78, 5) is 0.170. The summed E-state index contributed by atoms with van der Waals surface area (Å²) in [5.41, 5.74) is 0.501. The van der Waals surface area contributed by atoms with E-state index in [-0.39, 0.29) is 10.6 Å². The molecule has 1 heterocycles. The maximum atomic E-state index is 12.4. The lowest BCUT2D eigenvalue weighted by molar-refractivity contribution is 0.384. The molecule has 1 fully saturated rings. The van der Waals surface area contributed by atoms with E-state index in [0.717, 1.165) is 12.8 Å². The zero-order valence-electron chi connectivity index (χ0n) is 10.4. The third-order valence-corrected chi connectivity index (χ3v) is 5.53. The van der Waals surface area contributed by atoms with Crippen LogP contribution in [0.5, 0.6) is 0 Å². The van der Waals surface area contributed by atoms with Gasteiger partial charge in [-0.1, -0.05) is 12.1 Å². The van der Waals surface area contributed by atoms with E-state index >= 15 is 0 Å². The zero-order chi connectivity index (χ0) is 13.9. The van der Waals surface area contributed by atoms with Gasteiger partial charge in [0.15, 0.2) is 0 Å². The molecule has 19 heavy (non-hydrogen) atoms. The number of hydrogen-bond donors (Lipinski definition) is 1. The molecule has 1 aliphatic heterocycles. The van der Waals surface area contributed by atoms with Gasteiger partial charge in [0.05, 0.1) is 10.6 Å². The Morgan fingerprint density at radius 2 is 1.84 bits per heavy atom. The number of benzene rings is 1. The minimum atomic E-state index is -3.50. The van der Waals surface area contributed by atoms with Crippen molar-refractivity contribution < 1.29 is 16.8 Å². The summed E-state index contributed by atoms with van der Waals surface area (Å²) in [6.07, 6.45) is 3.58. The van der Waals surface area contributed by atoms with E-state index in [1.54, 1.807) is 12.1 Å². The molecule has 0 spiro atoms. The standard InChI is InChI=1S/C12H16NO4S2/c14-18(15)10-11-5-4-6-12(9-11)19(16,17)13-7-2-1-3-8-13/h1,4-6,9,18H,2-3,7-8,10H2. The van der Waals surface area contributed by atoms with Gasteiger partial charge in [0.25, 0.3) is 0 Å². The Bertz CT molecular complexity index is 608. The quantitative estimate of drug-likeness (QED) is 0.835. The van der Waals surface area contributed by atoms with Crippen molar-refractivity contribution in [3.8, 4) is 0 Å². The van der Waals surface area contributed by atoms with Crippen molar-refractivity contribution in [2.75, 3.05) is 13.1 Å². The topological polar surface area (TPSA) is 71.5 Å². The van der Waals surface area contributed by atoms with Gasteiger partial charge in [-0.2, -0.15) is 4.31 Å². The van der Waals surface area contributed by atoms with E-state index in [4.69, 9.17) is 0 Å². The van der Waals surface area contributed by atoms with Gasteiger partial charge in [-0.25, -0.2) is 16.8 Å². The predicted molar refractivity (Wildman–Crippen MR) is 72.8 cm³/mol. The summed E-state index contributed by atoms with van der Waals surface area (Å²) in [7, 11) is -6.06. The molecule has 0 unspecified atom stereocenters. The maximum absolute atomic E-state index is 12.4. The molecule has 1 radical (unpaired) electrons. The third-order valence-electron chi connectivity index (χ3n) is 3.01. The van der Waals surface area contributed by atoms with Crippen molar-refractivity contribution in [2.24, 2.45) is 0 Å². The second-order valence-corrected chi connectivity index (χ2v) is 7.33. The van der Waals surface area contributed by atoms with Crippen molar-refractivity contribution in [1.29, 1.82) is 0 Å². The van der Waals surface area contributed by atoms with Crippen LogP contribution in [0.25, 0.3) is 0 Å². The van der Waals surface area contributed by atoms with Gasteiger partial charge in [-0.3, -0.25) is 0 Å². The van der Waals surface area contributed by atoms with E-state index in [1.165, 1.54) is 16.4 Å². The molecule has 1 aromatic carbocycles. The molecule has 7 heteroatoms. The molecule has 5 nitrogen and oxygen atoms in total. The summed E-state index contributed by atoms with van der Waals surface area (Å²) in [5, 5.41) is 0. The molecule has 1 aromatic rings. The summed E-state index contributed by atoms with van der Waals surface area (Å²) in [6, 6.07) is 6.15. The molecule has 1 saturated heterocycles. The van der Waals surface area contributed by atoms with Crippen LogP contribution in [0.2, 0.25) is 0 Å². The molecule has 0 atom stereocenters. The average molecular weight is 302 g/mol. The Hall–Kier alpha value is -0.920. The van der Waals surface area contributed by atoms with E-state index in [9.17, 15) is 16.8 Å². The molecule has 1 aliphatic rings. The monoisotopic (exact) mass is 302 g/mol. The van der Waals surface area contributed by atoms with Crippen molar-refractivity contribution in [2.45, 2.75) is 23.5 Å². The van der Waals surface area contributed by atoms with Crippen LogP contribution < -0.4 is 0 Å². The highest BCUT2D eigenvalue weighted by Crippen LogP contribution is 2.21. The second kappa shape index (κ2) is 6.02. The lowest BCUT2D eigenvalue weighted by Crippen LogP contribution is -2.35. The van der Waals surface area contributed by atoms with Crippen LogP contribution in [0.4, 0.5) is 0 Å².